The van der Waals surface area contributed by atoms with Crippen molar-refractivity contribution in [1.82, 2.24) is 19.5 Å². The van der Waals surface area contributed by atoms with Gasteiger partial charge in [0.1, 0.15) is 10.5 Å². The molecule has 6 nitrogen and oxygen atoms in total. The fourth-order valence-electron chi connectivity index (χ4n) is 2.47. The van der Waals surface area contributed by atoms with Gasteiger partial charge in [-0.05, 0) is 23.8 Å². The standard InChI is InChI=1S/C18H13FN4O2S2/c1-25-14-7-6-13(8-20-14)23-17(24)15-16(21-10-27-15)22-18(23)26-9-11-2-4-12(19)5-3-11/h2-8,10H,9H2,1H3. The Hall–Kier alpha value is -2.78. The van der Waals surface area contributed by atoms with Gasteiger partial charge in [-0.2, -0.15) is 0 Å². The third-order valence-electron chi connectivity index (χ3n) is 3.81. The van der Waals surface area contributed by atoms with Crippen LogP contribution >= 0.6 is 23.1 Å². The van der Waals surface area contributed by atoms with Gasteiger partial charge in [0.2, 0.25) is 5.88 Å². The van der Waals surface area contributed by atoms with Crippen molar-refractivity contribution in [3.63, 3.8) is 0 Å². The number of methoxy groups -OCH3 is 1. The van der Waals surface area contributed by atoms with E-state index in [4.69, 9.17) is 4.74 Å². The maximum atomic E-state index is 13.1. The molecule has 1 aromatic carbocycles. The average molecular weight is 400 g/mol. The summed E-state index contributed by atoms with van der Waals surface area (Å²) < 4.78 is 20.2. The molecule has 0 aliphatic rings. The van der Waals surface area contributed by atoms with Gasteiger partial charge in [-0.25, -0.2) is 19.3 Å². The highest BCUT2D eigenvalue weighted by atomic mass is 32.2. The minimum absolute atomic E-state index is 0.198. The summed E-state index contributed by atoms with van der Waals surface area (Å²) in [5.41, 5.74) is 3.34. The van der Waals surface area contributed by atoms with E-state index in [0.717, 1.165) is 5.56 Å². The number of halogens is 1. The van der Waals surface area contributed by atoms with E-state index < -0.39 is 0 Å². The first-order chi connectivity index (χ1) is 13.2. The molecule has 0 N–H and O–H groups in total. The molecule has 3 heterocycles. The number of hydrogen-bond acceptors (Lipinski definition) is 7. The van der Waals surface area contributed by atoms with Gasteiger partial charge in [-0.15, -0.1) is 11.3 Å². The van der Waals surface area contributed by atoms with Crippen LogP contribution in [0.4, 0.5) is 4.39 Å². The smallest absolute Gasteiger partial charge is 0.278 e. The van der Waals surface area contributed by atoms with Crippen molar-refractivity contribution in [2.45, 2.75) is 10.9 Å². The van der Waals surface area contributed by atoms with Crippen molar-refractivity contribution in [2.75, 3.05) is 7.11 Å². The molecule has 27 heavy (non-hydrogen) atoms. The first-order valence-electron chi connectivity index (χ1n) is 7.89. The largest absolute Gasteiger partial charge is 0.481 e. The molecule has 3 aromatic heterocycles. The lowest BCUT2D eigenvalue weighted by atomic mass is 10.2. The normalized spacial score (nSPS) is 11.0. The van der Waals surface area contributed by atoms with Gasteiger partial charge >= 0.3 is 0 Å². The minimum Gasteiger partial charge on any atom is -0.481 e. The van der Waals surface area contributed by atoms with E-state index in [2.05, 4.69) is 15.0 Å². The van der Waals surface area contributed by atoms with E-state index in [-0.39, 0.29) is 11.4 Å². The molecule has 136 valence electrons. The molecule has 0 radical (unpaired) electrons. The Morgan fingerprint density at radius 1 is 1.19 bits per heavy atom. The van der Waals surface area contributed by atoms with Crippen LogP contribution in [-0.2, 0) is 5.75 Å². The quantitative estimate of drug-likeness (QED) is 0.376. The summed E-state index contributed by atoms with van der Waals surface area (Å²) in [6.07, 6.45) is 1.57. The number of thioether (sulfide) groups is 1. The molecule has 0 fully saturated rings. The molecule has 0 aliphatic heterocycles. The second-order valence-corrected chi connectivity index (χ2v) is 7.31. The zero-order valence-electron chi connectivity index (χ0n) is 14.1. The lowest BCUT2D eigenvalue weighted by Crippen LogP contribution is -2.21. The summed E-state index contributed by atoms with van der Waals surface area (Å²) in [5.74, 6) is 0.706. The number of thiazole rings is 1. The fraction of sp³-hybridized carbons (Fsp3) is 0.111. The molecule has 0 amide bonds. The lowest BCUT2D eigenvalue weighted by Gasteiger charge is -2.11. The summed E-state index contributed by atoms with van der Waals surface area (Å²) >= 11 is 2.63. The SMILES string of the molecule is COc1ccc(-n2c(SCc3ccc(F)cc3)nc3ncsc3c2=O)cn1. The molecule has 4 rings (SSSR count). The van der Waals surface area contributed by atoms with Crippen LogP contribution in [0.15, 0.2) is 58.1 Å². The average Bonchev–Trinajstić information content (AvgIpc) is 3.17. The molecule has 9 heteroatoms. The van der Waals surface area contributed by atoms with Crippen LogP contribution in [0, 0.1) is 5.82 Å². The summed E-state index contributed by atoms with van der Waals surface area (Å²) in [4.78, 5) is 25.9. The number of benzene rings is 1. The van der Waals surface area contributed by atoms with E-state index in [1.165, 1.54) is 46.9 Å². The fourth-order valence-corrected chi connectivity index (χ4v) is 4.08. The maximum Gasteiger partial charge on any atom is 0.278 e. The Bertz CT molecular complexity index is 1140. The Labute approximate surface area is 161 Å². The molecule has 0 bridgehead atoms. The molecular formula is C18H13FN4O2S2. The van der Waals surface area contributed by atoms with E-state index in [1.54, 1.807) is 36.0 Å². The Balaban J connectivity index is 1.77. The second-order valence-electron chi connectivity index (χ2n) is 5.51. The van der Waals surface area contributed by atoms with Crippen molar-refractivity contribution < 1.29 is 9.13 Å². The van der Waals surface area contributed by atoms with Crippen molar-refractivity contribution in [3.8, 4) is 11.6 Å². The Morgan fingerprint density at radius 3 is 2.70 bits per heavy atom. The van der Waals surface area contributed by atoms with E-state index >= 15 is 0 Å². The zero-order valence-corrected chi connectivity index (χ0v) is 15.8. The topological polar surface area (TPSA) is 69.9 Å². The molecule has 0 saturated carbocycles. The Morgan fingerprint density at radius 2 is 2.00 bits per heavy atom. The number of fused-ring (bicyclic) bond motifs is 1. The zero-order chi connectivity index (χ0) is 18.8. The van der Waals surface area contributed by atoms with Gasteiger partial charge in [0, 0.05) is 11.8 Å². The highest BCUT2D eigenvalue weighted by Gasteiger charge is 2.16. The summed E-state index contributed by atoms with van der Waals surface area (Å²) in [7, 11) is 1.53. The van der Waals surface area contributed by atoms with E-state index in [0.29, 0.717) is 32.8 Å². The van der Waals surface area contributed by atoms with Crippen molar-refractivity contribution in [1.29, 1.82) is 0 Å². The maximum absolute atomic E-state index is 13.1. The Kier molecular flexibility index (Phi) is 4.87. The first kappa shape index (κ1) is 17.6. The van der Waals surface area contributed by atoms with Gasteiger partial charge in [0.05, 0.1) is 24.5 Å². The number of hydrogen-bond donors (Lipinski definition) is 0. The number of nitrogens with zero attached hydrogens (tertiary/aromatic N) is 4. The number of pyridine rings is 1. The minimum atomic E-state index is -0.285. The van der Waals surface area contributed by atoms with Crippen molar-refractivity contribution in [3.05, 3.63) is 69.8 Å². The van der Waals surface area contributed by atoms with Gasteiger partial charge < -0.3 is 4.74 Å². The third-order valence-corrected chi connectivity index (χ3v) is 5.62. The van der Waals surface area contributed by atoms with Gasteiger partial charge in [-0.3, -0.25) is 9.36 Å². The highest BCUT2D eigenvalue weighted by Crippen LogP contribution is 2.25. The molecule has 0 atom stereocenters. The molecule has 0 unspecified atom stereocenters. The molecule has 4 aromatic rings. The third kappa shape index (κ3) is 3.56. The van der Waals surface area contributed by atoms with Crippen LogP contribution in [0.25, 0.3) is 16.0 Å². The van der Waals surface area contributed by atoms with Crippen molar-refractivity contribution >= 4 is 33.4 Å². The predicted octanol–water partition coefficient (Wildman–Crippen LogP) is 3.68. The van der Waals surface area contributed by atoms with Crippen LogP contribution < -0.4 is 10.3 Å². The molecule has 0 spiro atoms. The summed E-state index contributed by atoms with van der Waals surface area (Å²) in [6.45, 7) is 0. The monoisotopic (exact) mass is 400 g/mol. The summed E-state index contributed by atoms with van der Waals surface area (Å²) in [6, 6.07) is 9.68. The van der Waals surface area contributed by atoms with Crippen LogP contribution in [0.1, 0.15) is 5.56 Å². The van der Waals surface area contributed by atoms with Gasteiger partial charge in [-0.1, -0.05) is 23.9 Å². The highest BCUT2D eigenvalue weighted by molar-refractivity contribution is 7.98. The number of aromatic nitrogens is 4. The van der Waals surface area contributed by atoms with Crippen LogP contribution in [-0.4, -0.2) is 26.6 Å². The van der Waals surface area contributed by atoms with Crippen LogP contribution in [0.3, 0.4) is 0 Å². The van der Waals surface area contributed by atoms with Crippen molar-refractivity contribution in [2.24, 2.45) is 0 Å². The van der Waals surface area contributed by atoms with Gasteiger partial charge in [0.15, 0.2) is 10.8 Å². The molecular weight excluding hydrogens is 387 g/mol. The summed E-state index contributed by atoms with van der Waals surface area (Å²) in [5, 5.41) is 0.495. The number of ether oxygens (including phenoxy) is 1. The first-order valence-corrected chi connectivity index (χ1v) is 9.76. The predicted molar refractivity (Wildman–Crippen MR) is 103 cm³/mol. The molecule has 0 saturated heterocycles. The second kappa shape index (κ2) is 7.45. The lowest BCUT2D eigenvalue weighted by molar-refractivity contribution is 0.397. The van der Waals surface area contributed by atoms with Crippen LogP contribution in [0.5, 0.6) is 5.88 Å². The molecule has 0 aliphatic carbocycles. The van der Waals surface area contributed by atoms with E-state index in [9.17, 15) is 9.18 Å². The van der Waals surface area contributed by atoms with E-state index in [1.807, 2.05) is 0 Å². The van der Waals surface area contributed by atoms with Crippen LogP contribution in [0.2, 0.25) is 0 Å². The number of rotatable bonds is 5. The van der Waals surface area contributed by atoms with Gasteiger partial charge in [0.25, 0.3) is 5.56 Å².